The second kappa shape index (κ2) is 4.50. The minimum Gasteiger partial charge on any atom is -0.215 e. The highest BCUT2D eigenvalue weighted by molar-refractivity contribution is 9.10. The maximum Gasteiger partial charge on any atom is 0.194 e. The predicted molar refractivity (Wildman–Crippen MR) is 70.5 cm³/mol. The predicted octanol–water partition coefficient (Wildman–Crippen LogP) is 2.53. The van der Waals surface area contributed by atoms with Crippen molar-refractivity contribution in [3.05, 3.63) is 32.7 Å². The lowest BCUT2D eigenvalue weighted by Crippen LogP contribution is -2.09. The van der Waals surface area contributed by atoms with Gasteiger partial charge in [0, 0.05) is 0 Å². The van der Waals surface area contributed by atoms with Gasteiger partial charge in [-0.1, -0.05) is 0 Å². The van der Waals surface area contributed by atoms with Crippen molar-refractivity contribution >= 4 is 15.9 Å². The van der Waals surface area contributed by atoms with Crippen molar-refractivity contribution < 1.29 is 0 Å². The van der Waals surface area contributed by atoms with Crippen LogP contribution in [-0.4, -0.2) is 20.0 Å². The first-order valence-electron chi connectivity index (χ1n) is 5.43. The Hall–Kier alpha value is -1.74. The van der Waals surface area contributed by atoms with Gasteiger partial charge in [-0.3, -0.25) is 0 Å². The molecule has 2 heterocycles. The standard InChI is InChI=1S/C12H12BrN5/c1-6-7(2)15-16-12(10(6)5-14)18-9(4)11(13)8(3)17-18/h1-4H3. The maximum atomic E-state index is 9.28. The normalized spacial score (nSPS) is 10.4. The van der Waals surface area contributed by atoms with Crippen LogP contribution in [0.2, 0.25) is 0 Å². The minimum atomic E-state index is 0.479. The quantitative estimate of drug-likeness (QED) is 0.812. The molecule has 0 saturated heterocycles. The molecule has 0 radical (unpaired) electrons. The molecule has 0 aliphatic carbocycles. The molecule has 18 heavy (non-hydrogen) atoms. The van der Waals surface area contributed by atoms with Gasteiger partial charge in [-0.25, -0.2) is 4.68 Å². The highest BCUT2D eigenvalue weighted by Crippen LogP contribution is 2.24. The van der Waals surface area contributed by atoms with Gasteiger partial charge in [-0.15, -0.1) is 5.10 Å². The monoisotopic (exact) mass is 305 g/mol. The van der Waals surface area contributed by atoms with E-state index in [-0.39, 0.29) is 0 Å². The lowest BCUT2D eigenvalue weighted by Gasteiger charge is -2.08. The maximum absolute atomic E-state index is 9.28. The molecule has 0 bridgehead atoms. The fourth-order valence-corrected chi connectivity index (χ4v) is 1.96. The van der Waals surface area contributed by atoms with E-state index in [2.05, 4.69) is 37.3 Å². The molecule has 0 amide bonds. The van der Waals surface area contributed by atoms with Gasteiger partial charge < -0.3 is 0 Å². The second-order valence-electron chi connectivity index (χ2n) is 4.12. The number of aromatic nitrogens is 4. The topological polar surface area (TPSA) is 67.4 Å². The van der Waals surface area contributed by atoms with Crippen molar-refractivity contribution in [1.82, 2.24) is 20.0 Å². The van der Waals surface area contributed by atoms with Gasteiger partial charge >= 0.3 is 0 Å². The summed E-state index contributed by atoms with van der Waals surface area (Å²) >= 11 is 3.46. The molecule has 2 aromatic rings. The third kappa shape index (κ3) is 1.81. The molecule has 0 aliphatic heterocycles. The van der Waals surface area contributed by atoms with Gasteiger partial charge in [0.2, 0.25) is 0 Å². The molecule has 92 valence electrons. The summed E-state index contributed by atoms with van der Waals surface area (Å²) in [6, 6.07) is 2.18. The molecule has 6 heteroatoms. The van der Waals surface area contributed by atoms with Crippen molar-refractivity contribution in [2.24, 2.45) is 0 Å². The van der Waals surface area contributed by atoms with Crippen molar-refractivity contribution in [1.29, 1.82) is 5.26 Å². The Kier molecular flexibility index (Phi) is 3.18. The highest BCUT2D eigenvalue weighted by Gasteiger charge is 2.17. The molecule has 0 spiro atoms. The Morgan fingerprint density at radius 3 is 2.28 bits per heavy atom. The highest BCUT2D eigenvalue weighted by atomic mass is 79.9. The van der Waals surface area contributed by atoms with E-state index in [1.165, 1.54) is 0 Å². The van der Waals surface area contributed by atoms with Crippen LogP contribution in [0.15, 0.2) is 4.47 Å². The zero-order valence-corrected chi connectivity index (χ0v) is 12.2. The van der Waals surface area contributed by atoms with Crippen LogP contribution in [-0.2, 0) is 0 Å². The molecule has 0 aromatic carbocycles. The summed E-state index contributed by atoms with van der Waals surface area (Å²) < 4.78 is 2.57. The molecule has 0 saturated carbocycles. The van der Waals surface area contributed by atoms with Crippen LogP contribution in [0.5, 0.6) is 0 Å². The van der Waals surface area contributed by atoms with Gasteiger partial charge in [0.1, 0.15) is 11.6 Å². The summed E-state index contributed by atoms with van der Waals surface area (Å²) in [5.41, 5.74) is 3.88. The van der Waals surface area contributed by atoms with Crippen LogP contribution in [0, 0.1) is 39.0 Å². The van der Waals surface area contributed by atoms with E-state index < -0.39 is 0 Å². The SMILES string of the molecule is Cc1nnc(-n2nc(C)c(Br)c2C)c(C#N)c1C. The van der Waals surface area contributed by atoms with E-state index in [4.69, 9.17) is 0 Å². The second-order valence-corrected chi connectivity index (χ2v) is 4.91. The molecule has 0 unspecified atom stereocenters. The van der Waals surface area contributed by atoms with Crippen LogP contribution in [0.25, 0.3) is 5.82 Å². The number of hydrogen-bond donors (Lipinski definition) is 0. The first-order valence-corrected chi connectivity index (χ1v) is 6.22. The zero-order chi connectivity index (χ0) is 13.4. The lowest BCUT2D eigenvalue weighted by atomic mass is 10.1. The van der Waals surface area contributed by atoms with Crippen LogP contribution in [0.1, 0.15) is 28.2 Å². The summed E-state index contributed by atoms with van der Waals surface area (Å²) in [4.78, 5) is 0. The Morgan fingerprint density at radius 1 is 1.11 bits per heavy atom. The molecule has 0 aliphatic rings. The van der Waals surface area contributed by atoms with Crippen LogP contribution < -0.4 is 0 Å². The smallest absolute Gasteiger partial charge is 0.194 e. The van der Waals surface area contributed by atoms with Crippen LogP contribution in [0.4, 0.5) is 0 Å². The molecule has 2 aromatic heterocycles. The third-order valence-electron chi connectivity index (χ3n) is 2.95. The zero-order valence-electron chi connectivity index (χ0n) is 10.6. The van der Waals surface area contributed by atoms with Gasteiger partial charge in [0.15, 0.2) is 5.82 Å². The molecule has 0 atom stereocenters. The molecule has 0 N–H and O–H groups in total. The van der Waals surface area contributed by atoms with Crippen molar-refractivity contribution in [3.63, 3.8) is 0 Å². The summed E-state index contributed by atoms with van der Waals surface area (Å²) in [5, 5.41) is 21.8. The van der Waals surface area contributed by atoms with E-state index >= 15 is 0 Å². The van der Waals surface area contributed by atoms with E-state index in [9.17, 15) is 5.26 Å². The number of aryl methyl sites for hydroxylation is 2. The van der Waals surface area contributed by atoms with Gasteiger partial charge in [0.05, 0.1) is 21.6 Å². The summed E-state index contributed by atoms with van der Waals surface area (Å²) in [7, 11) is 0. The third-order valence-corrected chi connectivity index (χ3v) is 4.10. The van der Waals surface area contributed by atoms with Gasteiger partial charge in [-0.05, 0) is 49.2 Å². The Bertz CT molecular complexity index is 666. The number of halogens is 1. The van der Waals surface area contributed by atoms with E-state index in [0.29, 0.717) is 11.4 Å². The van der Waals surface area contributed by atoms with Crippen molar-refractivity contribution in [2.75, 3.05) is 0 Å². The number of hydrogen-bond acceptors (Lipinski definition) is 4. The molecule has 2 rings (SSSR count). The Balaban J connectivity index is 2.76. The first-order chi connectivity index (χ1) is 8.47. The number of rotatable bonds is 1. The largest absolute Gasteiger partial charge is 0.215 e. The summed E-state index contributed by atoms with van der Waals surface area (Å²) in [5.74, 6) is 0.479. The van der Waals surface area contributed by atoms with E-state index in [1.807, 2.05) is 27.7 Å². The van der Waals surface area contributed by atoms with Crippen LogP contribution >= 0.6 is 15.9 Å². The fraction of sp³-hybridized carbons (Fsp3) is 0.333. The fourth-order valence-electron chi connectivity index (χ4n) is 1.71. The average molecular weight is 306 g/mol. The van der Waals surface area contributed by atoms with E-state index in [0.717, 1.165) is 27.1 Å². The lowest BCUT2D eigenvalue weighted by molar-refractivity contribution is 0.768. The van der Waals surface area contributed by atoms with E-state index in [1.54, 1.807) is 4.68 Å². The molecular formula is C12H12BrN5. The summed E-state index contributed by atoms with van der Waals surface area (Å²) in [6.45, 7) is 7.52. The molecule has 0 fully saturated rings. The van der Waals surface area contributed by atoms with Crippen molar-refractivity contribution in [2.45, 2.75) is 27.7 Å². The average Bonchev–Trinajstić information content (AvgIpc) is 2.60. The van der Waals surface area contributed by atoms with Gasteiger partial charge in [-0.2, -0.15) is 15.5 Å². The number of nitrogens with zero attached hydrogens (tertiary/aromatic N) is 5. The molecular weight excluding hydrogens is 294 g/mol. The summed E-state index contributed by atoms with van der Waals surface area (Å²) in [6.07, 6.45) is 0. The molecule has 5 nitrogen and oxygen atoms in total. The van der Waals surface area contributed by atoms with Crippen LogP contribution in [0.3, 0.4) is 0 Å². The number of nitriles is 1. The van der Waals surface area contributed by atoms with Crippen molar-refractivity contribution in [3.8, 4) is 11.9 Å². The Labute approximate surface area is 114 Å². The first kappa shape index (κ1) is 12.7. The van der Waals surface area contributed by atoms with Gasteiger partial charge in [0.25, 0.3) is 0 Å². The Morgan fingerprint density at radius 2 is 1.78 bits per heavy atom. The minimum absolute atomic E-state index is 0.479.